The molecule has 0 aromatic heterocycles. The van der Waals surface area contributed by atoms with Gasteiger partial charge in [-0.1, -0.05) is 92.1 Å². The predicted octanol–water partition coefficient (Wildman–Crippen LogP) is 7.64. The summed E-state index contributed by atoms with van der Waals surface area (Å²) in [6.07, 6.45) is 1.48. The highest BCUT2D eigenvalue weighted by atomic mass is 16.6. The van der Waals surface area contributed by atoms with Gasteiger partial charge in [-0.05, 0) is 69.3 Å². The van der Waals surface area contributed by atoms with Gasteiger partial charge in [-0.25, -0.2) is 4.79 Å². The number of hydrogen-bond acceptors (Lipinski definition) is 9. The lowest BCUT2D eigenvalue weighted by Gasteiger charge is -2.41. The Bertz CT molecular complexity index is 1540. The van der Waals surface area contributed by atoms with Crippen molar-refractivity contribution in [2.75, 3.05) is 34.9 Å². The summed E-state index contributed by atoms with van der Waals surface area (Å²) in [4.78, 5) is 87.2. The van der Waals surface area contributed by atoms with Crippen LogP contribution in [0, 0.1) is 41.4 Å². The molecule has 334 valence electrons. The van der Waals surface area contributed by atoms with Crippen LogP contribution in [0.2, 0.25) is 0 Å². The van der Waals surface area contributed by atoms with E-state index in [0.29, 0.717) is 13.0 Å². The number of rotatable bonds is 22. The number of Topliss-reactive ketones (excluding diaryl/α,β-unsaturated/α-hetero) is 2. The van der Waals surface area contributed by atoms with Crippen LogP contribution in [0.15, 0.2) is 30.3 Å². The van der Waals surface area contributed by atoms with E-state index in [-0.39, 0.29) is 72.4 Å². The number of likely N-dealkylation sites (tertiary alicyclic amines) is 1. The summed E-state index contributed by atoms with van der Waals surface area (Å²) in [5, 5.41) is 0. The highest BCUT2D eigenvalue weighted by Gasteiger charge is 2.43. The summed E-state index contributed by atoms with van der Waals surface area (Å²) in [6.45, 7) is 21.4. The second kappa shape index (κ2) is 23.3. The Balaban J connectivity index is 2.28. The smallest absolute Gasteiger partial charge is 0.410 e. The Kier molecular flexibility index (Phi) is 20.2. The molecule has 1 aliphatic rings. The van der Waals surface area contributed by atoms with Crippen LogP contribution in [0.5, 0.6) is 0 Å². The van der Waals surface area contributed by atoms with Gasteiger partial charge in [0.1, 0.15) is 11.4 Å². The number of ketones is 2. The average molecular weight is 828 g/mol. The molecule has 0 aliphatic carbocycles. The molecule has 0 bridgehead atoms. The molecule has 59 heavy (non-hydrogen) atoms. The van der Waals surface area contributed by atoms with Crippen LogP contribution in [-0.2, 0) is 44.6 Å². The molecule has 12 nitrogen and oxygen atoms in total. The van der Waals surface area contributed by atoms with E-state index in [0.717, 1.165) is 24.8 Å². The van der Waals surface area contributed by atoms with Crippen LogP contribution in [0.4, 0.5) is 4.79 Å². The monoisotopic (exact) mass is 828 g/mol. The Morgan fingerprint density at radius 2 is 1.44 bits per heavy atom. The fraction of sp³-hybridized carbons (Fsp3) is 0.745. The molecule has 0 spiro atoms. The Morgan fingerprint density at radius 1 is 0.831 bits per heavy atom. The molecule has 1 aromatic rings. The van der Waals surface area contributed by atoms with E-state index >= 15 is 0 Å². The summed E-state index contributed by atoms with van der Waals surface area (Å²) < 4.78 is 16.7. The van der Waals surface area contributed by atoms with Crippen LogP contribution in [-0.4, -0.2) is 115 Å². The second-order valence-electron chi connectivity index (χ2n) is 18.6. The molecule has 3 amide bonds. The van der Waals surface area contributed by atoms with Crippen LogP contribution >= 0.6 is 0 Å². The largest absolute Gasteiger partial charge is 0.469 e. The molecule has 12 heteroatoms. The standard InChI is InChI=1S/C47H77N3O9/c1-16-31(6)43(48(12)44(54)36(29(2)3)27-39(52)42(30(4)5)49(13)46(56)59-47(9,10)11)40(57-14)28-41(53)50-24-20-23-37(50)32(7)33(8)38(51)26-35(45(55)58-15)25-34-21-18-17-19-22-34/h17-19,21-22,29-33,35-37,40,42-43H,16,20,23-28H2,1-15H3/t31-,32+,33+,35+,36-,37-,40+,42-,43-/m0/s1. The van der Waals surface area contributed by atoms with Crippen molar-refractivity contribution in [1.82, 2.24) is 14.7 Å². The number of methoxy groups -OCH3 is 2. The van der Waals surface area contributed by atoms with Crippen molar-refractivity contribution in [3.63, 3.8) is 0 Å². The van der Waals surface area contributed by atoms with E-state index in [2.05, 4.69) is 0 Å². The molecule has 1 fully saturated rings. The summed E-state index contributed by atoms with van der Waals surface area (Å²) in [5.74, 6) is -3.27. The van der Waals surface area contributed by atoms with Crippen LogP contribution in [0.1, 0.15) is 120 Å². The lowest BCUT2D eigenvalue weighted by molar-refractivity contribution is -0.148. The first kappa shape index (κ1) is 51.3. The molecule has 1 heterocycles. The zero-order valence-electron chi connectivity index (χ0n) is 38.9. The Hall–Kier alpha value is -3.80. The molecular formula is C47H77N3O9. The number of likely N-dealkylation sites (N-methyl/N-ethyl adjacent to an activating group) is 2. The summed E-state index contributed by atoms with van der Waals surface area (Å²) in [7, 11) is 6.20. The number of hydrogen-bond donors (Lipinski definition) is 0. The lowest BCUT2D eigenvalue weighted by atomic mass is 9.81. The maximum absolute atomic E-state index is 14.5. The van der Waals surface area contributed by atoms with E-state index in [1.165, 1.54) is 12.0 Å². The van der Waals surface area contributed by atoms with Gasteiger partial charge in [-0.2, -0.15) is 0 Å². The van der Waals surface area contributed by atoms with Crippen molar-refractivity contribution in [2.24, 2.45) is 41.4 Å². The van der Waals surface area contributed by atoms with Crippen LogP contribution < -0.4 is 0 Å². The van der Waals surface area contributed by atoms with Crippen molar-refractivity contribution >= 4 is 35.4 Å². The molecule has 9 atom stereocenters. The highest BCUT2D eigenvalue weighted by Crippen LogP contribution is 2.33. The molecule has 0 radical (unpaired) electrons. The topological polar surface area (TPSA) is 140 Å². The van der Waals surface area contributed by atoms with Gasteiger partial charge < -0.3 is 28.9 Å². The van der Waals surface area contributed by atoms with E-state index < -0.39 is 53.6 Å². The van der Waals surface area contributed by atoms with E-state index in [1.807, 2.05) is 90.6 Å². The third kappa shape index (κ3) is 14.4. The maximum Gasteiger partial charge on any atom is 0.410 e. The van der Waals surface area contributed by atoms with Gasteiger partial charge in [0, 0.05) is 58.5 Å². The fourth-order valence-corrected chi connectivity index (χ4v) is 8.72. The minimum Gasteiger partial charge on any atom is -0.469 e. The lowest BCUT2D eigenvalue weighted by Crippen LogP contribution is -2.54. The first-order valence-corrected chi connectivity index (χ1v) is 21.7. The van der Waals surface area contributed by atoms with Crippen molar-refractivity contribution in [3.05, 3.63) is 35.9 Å². The second-order valence-corrected chi connectivity index (χ2v) is 18.6. The van der Waals surface area contributed by atoms with Gasteiger partial charge in [0.25, 0.3) is 0 Å². The van der Waals surface area contributed by atoms with E-state index in [1.54, 1.807) is 46.9 Å². The summed E-state index contributed by atoms with van der Waals surface area (Å²) in [5.41, 5.74) is 0.223. The normalized spacial score (nSPS) is 18.6. The number of amides is 3. The average Bonchev–Trinajstić information content (AvgIpc) is 3.67. The molecule has 1 saturated heterocycles. The summed E-state index contributed by atoms with van der Waals surface area (Å²) in [6, 6.07) is 8.16. The SMILES string of the molecule is CC[C@H](C)[C@@H]([C@@H](CC(=O)N1CCC[C@H]1[C@H](C)[C@@H](C)C(=O)C[C@@H](Cc1ccccc1)C(=O)OC)OC)N(C)C(=O)[C@@H](CC(=O)[C@H](C(C)C)N(C)C(=O)OC(C)(C)C)C(C)C. The van der Waals surface area contributed by atoms with Gasteiger partial charge in [-0.15, -0.1) is 0 Å². The molecule has 1 aliphatic heterocycles. The zero-order chi connectivity index (χ0) is 44.9. The molecule has 2 rings (SSSR count). The highest BCUT2D eigenvalue weighted by molar-refractivity contribution is 5.92. The third-order valence-corrected chi connectivity index (χ3v) is 12.5. The Morgan fingerprint density at radius 3 is 1.95 bits per heavy atom. The molecule has 1 aromatic carbocycles. The quantitative estimate of drug-likeness (QED) is 0.108. The number of benzene rings is 1. The van der Waals surface area contributed by atoms with Gasteiger partial charge in [-0.3, -0.25) is 24.0 Å². The minimum absolute atomic E-state index is 0.0377. The number of nitrogens with zero attached hydrogens (tertiary/aromatic N) is 3. The molecular weight excluding hydrogens is 751 g/mol. The van der Waals surface area contributed by atoms with Crippen LogP contribution in [0.25, 0.3) is 0 Å². The van der Waals surface area contributed by atoms with Crippen molar-refractivity contribution in [1.29, 1.82) is 0 Å². The maximum atomic E-state index is 14.5. The zero-order valence-corrected chi connectivity index (χ0v) is 38.9. The Labute approximate surface area is 355 Å². The minimum atomic E-state index is -0.781. The first-order chi connectivity index (χ1) is 27.5. The van der Waals surface area contributed by atoms with Gasteiger partial charge in [0.2, 0.25) is 11.8 Å². The third-order valence-electron chi connectivity index (χ3n) is 12.5. The van der Waals surface area contributed by atoms with Gasteiger partial charge in [0.15, 0.2) is 5.78 Å². The predicted molar refractivity (Wildman–Crippen MR) is 230 cm³/mol. The number of ether oxygens (including phenoxy) is 3. The van der Waals surface area contributed by atoms with Crippen molar-refractivity contribution < 1.29 is 43.0 Å². The first-order valence-electron chi connectivity index (χ1n) is 21.7. The number of carbonyl (C=O) groups excluding carboxylic acids is 6. The van der Waals surface area contributed by atoms with Crippen molar-refractivity contribution in [3.8, 4) is 0 Å². The van der Waals surface area contributed by atoms with Crippen LogP contribution in [0.3, 0.4) is 0 Å². The number of carbonyl (C=O) groups is 6. The molecule has 0 unspecified atom stereocenters. The fourth-order valence-electron chi connectivity index (χ4n) is 8.72. The van der Waals surface area contributed by atoms with Crippen molar-refractivity contribution in [2.45, 2.75) is 151 Å². The van der Waals surface area contributed by atoms with Gasteiger partial charge >= 0.3 is 12.1 Å². The molecule has 0 saturated carbocycles. The van der Waals surface area contributed by atoms with E-state index in [4.69, 9.17) is 14.2 Å². The summed E-state index contributed by atoms with van der Waals surface area (Å²) >= 11 is 0. The van der Waals surface area contributed by atoms with Gasteiger partial charge in [0.05, 0.1) is 37.6 Å². The number of esters is 1. The molecule has 0 N–H and O–H groups in total. The van der Waals surface area contributed by atoms with E-state index in [9.17, 15) is 28.8 Å².